The maximum Gasteiger partial charge on any atom is 0.0783 e. The van der Waals surface area contributed by atoms with Gasteiger partial charge in [-0.15, -0.1) is 0 Å². The molecule has 1 spiro atoms. The number of likely N-dealkylation sites (N-methyl/N-ethyl adjacent to an activating group) is 1. The van der Waals surface area contributed by atoms with Gasteiger partial charge in [0.1, 0.15) is 0 Å². The molecule has 0 aliphatic carbocycles. The number of methoxy groups -OCH3 is 1. The highest BCUT2D eigenvalue weighted by Gasteiger charge is 2.43. The summed E-state index contributed by atoms with van der Waals surface area (Å²) in [6, 6.07) is 0.483. The van der Waals surface area contributed by atoms with Crippen LogP contribution in [0, 0.1) is 5.92 Å². The quantitative estimate of drug-likeness (QED) is 0.783. The standard InChI is InChI=1S/C16H31NO2S/c1-4-6-14(18-3)15(17-5-2)13-7-9-19-16(11-13)8-10-20-12-16/h13-15,17H,4-12H2,1-3H3. The average molecular weight is 301 g/mol. The van der Waals surface area contributed by atoms with Crippen molar-refractivity contribution in [2.24, 2.45) is 5.92 Å². The van der Waals surface area contributed by atoms with Gasteiger partial charge >= 0.3 is 0 Å². The minimum Gasteiger partial charge on any atom is -0.380 e. The first kappa shape index (κ1) is 16.6. The van der Waals surface area contributed by atoms with Crippen LogP contribution in [0.15, 0.2) is 0 Å². The lowest BCUT2D eigenvalue weighted by atomic mass is 9.79. The van der Waals surface area contributed by atoms with Crippen molar-refractivity contribution in [2.45, 2.75) is 63.7 Å². The zero-order valence-corrected chi connectivity index (χ0v) is 14.1. The summed E-state index contributed by atoms with van der Waals surface area (Å²) >= 11 is 2.05. The average Bonchev–Trinajstić information content (AvgIpc) is 2.90. The first-order chi connectivity index (χ1) is 9.74. The molecular weight excluding hydrogens is 270 g/mol. The lowest BCUT2D eigenvalue weighted by molar-refractivity contribution is -0.0955. The molecule has 1 N–H and O–H groups in total. The van der Waals surface area contributed by atoms with Crippen LogP contribution in [-0.4, -0.2) is 49.5 Å². The van der Waals surface area contributed by atoms with Crippen LogP contribution in [-0.2, 0) is 9.47 Å². The van der Waals surface area contributed by atoms with Gasteiger partial charge in [-0.2, -0.15) is 11.8 Å². The fraction of sp³-hybridized carbons (Fsp3) is 1.00. The molecule has 20 heavy (non-hydrogen) atoms. The number of ether oxygens (including phenoxy) is 2. The second kappa shape index (κ2) is 8.02. The van der Waals surface area contributed by atoms with Crippen LogP contribution >= 0.6 is 11.8 Å². The van der Waals surface area contributed by atoms with Crippen LogP contribution in [0.25, 0.3) is 0 Å². The second-order valence-electron chi connectivity index (χ2n) is 6.23. The zero-order valence-electron chi connectivity index (χ0n) is 13.3. The van der Waals surface area contributed by atoms with Crippen LogP contribution in [0.3, 0.4) is 0 Å². The smallest absolute Gasteiger partial charge is 0.0783 e. The maximum absolute atomic E-state index is 6.17. The molecule has 4 atom stereocenters. The van der Waals surface area contributed by atoms with Crippen molar-refractivity contribution < 1.29 is 9.47 Å². The van der Waals surface area contributed by atoms with Gasteiger partial charge in [-0.3, -0.25) is 0 Å². The maximum atomic E-state index is 6.17. The molecule has 118 valence electrons. The van der Waals surface area contributed by atoms with Gasteiger partial charge in [0.2, 0.25) is 0 Å². The van der Waals surface area contributed by atoms with E-state index in [2.05, 4.69) is 30.9 Å². The van der Waals surface area contributed by atoms with E-state index < -0.39 is 0 Å². The van der Waals surface area contributed by atoms with Crippen molar-refractivity contribution in [3.05, 3.63) is 0 Å². The Morgan fingerprint density at radius 3 is 2.90 bits per heavy atom. The monoisotopic (exact) mass is 301 g/mol. The predicted octanol–water partition coefficient (Wildman–Crippen LogP) is 3.08. The number of hydrogen-bond donors (Lipinski definition) is 1. The fourth-order valence-corrected chi connectivity index (χ4v) is 5.18. The third kappa shape index (κ3) is 3.90. The molecule has 4 unspecified atom stereocenters. The third-order valence-corrected chi connectivity index (χ3v) is 6.05. The Morgan fingerprint density at radius 1 is 1.45 bits per heavy atom. The van der Waals surface area contributed by atoms with Gasteiger partial charge in [0.25, 0.3) is 0 Å². The number of rotatable bonds is 7. The van der Waals surface area contributed by atoms with Gasteiger partial charge in [0, 0.05) is 25.5 Å². The molecule has 0 saturated carbocycles. The molecule has 2 heterocycles. The molecule has 2 aliphatic rings. The molecule has 4 heteroatoms. The molecular formula is C16H31NO2S. The zero-order chi connectivity index (χ0) is 14.4. The highest BCUT2D eigenvalue weighted by atomic mass is 32.2. The normalized spacial score (nSPS) is 33.5. The summed E-state index contributed by atoms with van der Waals surface area (Å²) in [5, 5.41) is 3.71. The number of thioether (sulfide) groups is 1. The van der Waals surface area contributed by atoms with Gasteiger partial charge in [0.15, 0.2) is 0 Å². The van der Waals surface area contributed by atoms with Gasteiger partial charge in [-0.25, -0.2) is 0 Å². The third-order valence-electron chi connectivity index (χ3n) is 4.82. The van der Waals surface area contributed by atoms with E-state index in [-0.39, 0.29) is 5.60 Å². The Kier molecular flexibility index (Phi) is 6.66. The van der Waals surface area contributed by atoms with E-state index in [9.17, 15) is 0 Å². The summed E-state index contributed by atoms with van der Waals surface area (Å²) in [5.74, 6) is 3.15. The highest BCUT2D eigenvalue weighted by Crippen LogP contribution is 2.42. The fourth-order valence-electron chi connectivity index (χ4n) is 3.80. The van der Waals surface area contributed by atoms with Crippen molar-refractivity contribution >= 4 is 11.8 Å². The summed E-state index contributed by atoms with van der Waals surface area (Å²) in [6.07, 6.45) is 6.29. The lowest BCUT2D eigenvalue weighted by Crippen LogP contribution is -2.52. The molecule has 2 rings (SSSR count). The van der Waals surface area contributed by atoms with Crippen LogP contribution in [0.1, 0.15) is 46.0 Å². The largest absolute Gasteiger partial charge is 0.380 e. The molecule has 0 aromatic rings. The van der Waals surface area contributed by atoms with Gasteiger partial charge in [-0.1, -0.05) is 20.3 Å². The van der Waals surface area contributed by atoms with Crippen molar-refractivity contribution in [3.63, 3.8) is 0 Å². The van der Waals surface area contributed by atoms with E-state index in [0.29, 0.717) is 18.1 Å². The van der Waals surface area contributed by atoms with E-state index >= 15 is 0 Å². The van der Waals surface area contributed by atoms with Gasteiger partial charge in [0.05, 0.1) is 11.7 Å². The Morgan fingerprint density at radius 2 is 2.30 bits per heavy atom. The van der Waals surface area contributed by atoms with E-state index in [1.165, 1.54) is 37.2 Å². The van der Waals surface area contributed by atoms with Crippen molar-refractivity contribution in [2.75, 3.05) is 31.8 Å². The number of nitrogens with one attached hydrogen (secondary N) is 1. The number of hydrogen-bond acceptors (Lipinski definition) is 4. The van der Waals surface area contributed by atoms with Crippen LogP contribution in [0.2, 0.25) is 0 Å². The van der Waals surface area contributed by atoms with Crippen molar-refractivity contribution in [3.8, 4) is 0 Å². The van der Waals surface area contributed by atoms with Crippen LogP contribution < -0.4 is 5.32 Å². The molecule has 0 radical (unpaired) electrons. The van der Waals surface area contributed by atoms with E-state index in [1.54, 1.807) is 0 Å². The van der Waals surface area contributed by atoms with E-state index in [1.807, 2.05) is 7.11 Å². The van der Waals surface area contributed by atoms with Crippen molar-refractivity contribution in [1.29, 1.82) is 0 Å². The predicted molar refractivity (Wildman–Crippen MR) is 86.5 cm³/mol. The minimum absolute atomic E-state index is 0.172. The van der Waals surface area contributed by atoms with Crippen molar-refractivity contribution in [1.82, 2.24) is 5.32 Å². The molecule has 2 aliphatic heterocycles. The molecule has 2 fully saturated rings. The molecule has 0 aromatic carbocycles. The summed E-state index contributed by atoms with van der Waals surface area (Å²) in [4.78, 5) is 0. The SMILES string of the molecule is CCCC(OC)C(NCC)C1CCOC2(CCSC2)C1. The van der Waals surface area contributed by atoms with Gasteiger partial charge in [-0.05, 0) is 43.9 Å². The summed E-state index contributed by atoms with van der Waals surface area (Å²) in [6.45, 7) is 6.39. The molecule has 2 saturated heterocycles. The summed E-state index contributed by atoms with van der Waals surface area (Å²) < 4.78 is 12.0. The topological polar surface area (TPSA) is 30.5 Å². The Balaban J connectivity index is 2.03. The molecule has 0 bridgehead atoms. The van der Waals surface area contributed by atoms with Gasteiger partial charge < -0.3 is 14.8 Å². The minimum atomic E-state index is 0.172. The molecule has 0 aromatic heterocycles. The Bertz CT molecular complexity index is 282. The second-order valence-corrected chi connectivity index (χ2v) is 7.34. The first-order valence-corrected chi connectivity index (χ1v) is 9.38. The summed E-state index contributed by atoms with van der Waals surface area (Å²) in [7, 11) is 1.87. The van der Waals surface area contributed by atoms with E-state index in [4.69, 9.17) is 9.47 Å². The highest BCUT2D eigenvalue weighted by molar-refractivity contribution is 7.99. The van der Waals surface area contributed by atoms with E-state index in [0.717, 1.165) is 19.6 Å². The molecule has 0 amide bonds. The van der Waals surface area contributed by atoms with Crippen LogP contribution in [0.4, 0.5) is 0 Å². The van der Waals surface area contributed by atoms with Crippen LogP contribution in [0.5, 0.6) is 0 Å². The Labute approximate surface area is 128 Å². The lowest BCUT2D eigenvalue weighted by Gasteiger charge is -2.43. The summed E-state index contributed by atoms with van der Waals surface area (Å²) in [5.41, 5.74) is 0.172. The first-order valence-electron chi connectivity index (χ1n) is 8.22. The molecule has 3 nitrogen and oxygen atoms in total. The Hall–Kier alpha value is 0.230.